The van der Waals surface area contributed by atoms with E-state index in [0.29, 0.717) is 12.1 Å². The fraction of sp³-hybridized carbons (Fsp3) is 0.692. The van der Waals surface area contributed by atoms with E-state index in [9.17, 15) is 0 Å². The SMILES string of the molecule is CCCC(CCC)N[C@@H](C)c1cccs1. The minimum absolute atomic E-state index is 0.507. The zero-order valence-corrected chi connectivity index (χ0v) is 10.9. The largest absolute Gasteiger partial charge is 0.307 e. The number of hydrogen-bond donors (Lipinski definition) is 1. The van der Waals surface area contributed by atoms with E-state index in [2.05, 4.69) is 43.6 Å². The highest BCUT2D eigenvalue weighted by Gasteiger charge is 2.12. The van der Waals surface area contributed by atoms with Gasteiger partial charge in [0.05, 0.1) is 0 Å². The van der Waals surface area contributed by atoms with Crippen LogP contribution < -0.4 is 5.32 Å². The Labute approximate surface area is 97.9 Å². The van der Waals surface area contributed by atoms with Gasteiger partial charge in [0.1, 0.15) is 0 Å². The van der Waals surface area contributed by atoms with Gasteiger partial charge in [0.2, 0.25) is 0 Å². The van der Waals surface area contributed by atoms with Gasteiger partial charge in [0.15, 0.2) is 0 Å². The van der Waals surface area contributed by atoms with E-state index in [1.54, 1.807) is 0 Å². The van der Waals surface area contributed by atoms with E-state index in [1.807, 2.05) is 11.3 Å². The molecule has 0 saturated carbocycles. The summed E-state index contributed by atoms with van der Waals surface area (Å²) in [4.78, 5) is 1.45. The Bertz CT molecular complexity index is 237. The molecule has 1 N–H and O–H groups in total. The Morgan fingerprint density at radius 3 is 2.40 bits per heavy atom. The van der Waals surface area contributed by atoms with Crippen LogP contribution in [0.25, 0.3) is 0 Å². The molecule has 0 radical (unpaired) electrons. The highest BCUT2D eigenvalue weighted by molar-refractivity contribution is 7.10. The highest BCUT2D eigenvalue weighted by atomic mass is 32.1. The lowest BCUT2D eigenvalue weighted by molar-refractivity contribution is 0.405. The summed E-state index contributed by atoms with van der Waals surface area (Å²) in [6.07, 6.45) is 5.14. The molecular formula is C13H23NS. The predicted octanol–water partition coefficient (Wildman–Crippen LogP) is 4.37. The van der Waals surface area contributed by atoms with Crippen LogP contribution in [0.15, 0.2) is 17.5 Å². The van der Waals surface area contributed by atoms with Crippen molar-refractivity contribution in [1.29, 1.82) is 0 Å². The first-order valence-electron chi connectivity index (χ1n) is 6.07. The fourth-order valence-corrected chi connectivity index (χ4v) is 2.72. The molecule has 15 heavy (non-hydrogen) atoms. The number of nitrogens with one attached hydrogen (secondary N) is 1. The van der Waals surface area contributed by atoms with Gasteiger partial charge in [-0.2, -0.15) is 0 Å². The molecule has 0 amide bonds. The predicted molar refractivity (Wildman–Crippen MR) is 69.5 cm³/mol. The molecule has 0 unspecified atom stereocenters. The topological polar surface area (TPSA) is 12.0 Å². The Morgan fingerprint density at radius 2 is 1.93 bits per heavy atom. The average Bonchev–Trinajstić information content (AvgIpc) is 2.71. The fourth-order valence-electron chi connectivity index (χ4n) is 1.98. The molecule has 2 heteroatoms. The number of rotatable bonds is 7. The summed E-state index contributed by atoms with van der Waals surface area (Å²) in [6, 6.07) is 5.55. The molecule has 0 aliphatic heterocycles. The molecular weight excluding hydrogens is 202 g/mol. The van der Waals surface area contributed by atoms with Crippen LogP contribution in [0.4, 0.5) is 0 Å². The van der Waals surface area contributed by atoms with E-state index >= 15 is 0 Å². The van der Waals surface area contributed by atoms with Crippen molar-refractivity contribution < 1.29 is 0 Å². The van der Waals surface area contributed by atoms with Crippen LogP contribution in [-0.2, 0) is 0 Å². The summed E-state index contributed by atoms with van der Waals surface area (Å²) >= 11 is 1.85. The second kappa shape index (κ2) is 7.02. The van der Waals surface area contributed by atoms with Crippen LogP contribution in [0.5, 0.6) is 0 Å². The standard InChI is InChI=1S/C13H23NS/c1-4-7-12(8-5-2)14-11(3)13-9-6-10-15-13/h6,9-12,14H,4-5,7-8H2,1-3H3/t11-/m0/s1. The molecule has 1 nitrogen and oxygen atoms in total. The van der Waals surface area contributed by atoms with Crippen LogP contribution >= 0.6 is 11.3 Å². The number of thiophene rings is 1. The maximum absolute atomic E-state index is 3.73. The molecule has 0 aliphatic carbocycles. The van der Waals surface area contributed by atoms with Gasteiger partial charge in [-0.15, -0.1) is 11.3 Å². The summed E-state index contributed by atoms with van der Waals surface area (Å²) in [5.74, 6) is 0. The lowest BCUT2D eigenvalue weighted by Gasteiger charge is -2.22. The molecule has 1 rings (SSSR count). The van der Waals surface area contributed by atoms with Crippen molar-refractivity contribution in [1.82, 2.24) is 5.32 Å². The van der Waals surface area contributed by atoms with Crippen molar-refractivity contribution in [3.8, 4) is 0 Å². The summed E-state index contributed by atoms with van der Waals surface area (Å²) < 4.78 is 0. The number of hydrogen-bond acceptors (Lipinski definition) is 2. The van der Waals surface area contributed by atoms with Gasteiger partial charge in [0, 0.05) is 17.0 Å². The van der Waals surface area contributed by atoms with Crippen molar-refractivity contribution >= 4 is 11.3 Å². The molecule has 0 bridgehead atoms. The van der Waals surface area contributed by atoms with Crippen molar-refractivity contribution in [2.24, 2.45) is 0 Å². The maximum Gasteiger partial charge on any atom is 0.0388 e. The first-order valence-corrected chi connectivity index (χ1v) is 6.95. The zero-order valence-electron chi connectivity index (χ0n) is 10.1. The smallest absolute Gasteiger partial charge is 0.0388 e. The third kappa shape index (κ3) is 4.35. The summed E-state index contributed by atoms with van der Waals surface area (Å²) in [7, 11) is 0. The zero-order chi connectivity index (χ0) is 11.1. The minimum atomic E-state index is 0.507. The van der Waals surface area contributed by atoms with Crippen molar-refractivity contribution in [2.75, 3.05) is 0 Å². The molecule has 0 spiro atoms. The molecule has 1 aromatic heterocycles. The first kappa shape index (κ1) is 12.7. The molecule has 0 fully saturated rings. The van der Waals surface area contributed by atoms with Gasteiger partial charge in [-0.25, -0.2) is 0 Å². The summed E-state index contributed by atoms with van der Waals surface area (Å²) in [5.41, 5.74) is 0. The molecule has 0 aliphatic rings. The molecule has 1 heterocycles. The van der Waals surface area contributed by atoms with E-state index < -0.39 is 0 Å². The van der Waals surface area contributed by atoms with Crippen LogP contribution in [0, 0.1) is 0 Å². The van der Waals surface area contributed by atoms with Crippen LogP contribution in [0.1, 0.15) is 57.4 Å². The van der Waals surface area contributed by atoms with Crippen molar-refractivity contribution in [3.63, 3.8) is 0 Å². The van der Waals surface area contributed by atoms with Gasteiger partial charge >= 0.3 is 0 Å². The minimum Gasteiger partial charge on any atom is -0.307 e. The third-order valence-corrected chi connectivity index (χ3v) is 3.78. The van der Waals surface area contributed by atoms with E-state index in [0.717, 1.165) is 0 Å². The lowest BCUT2D eigenvalue weighted by atomic mass is 10.1. The third-order valence-electron chi connectivity index (χ3n) is 2.73. The molecule has 0 aromatic carbocycles. The van der Waals surface area contributed by atoms with E-state index in [-0.39, 0.29) is 0 Å². The monoisotopic (exact) mass is 225 g/mol. The van der Waals surface area contributed by atoms with Crippen LogP contribution in [-0.4, -0.2) is 6.04 Å². The quantitative estimate of drug-likeness (QED) is 0.726. The molecule has 86 valence electrons. The average molecular weight is 225 g/mol. The second-order valence-corrected chi connectivity index (χ2v) is 5.16. The van der Waals surface area contributed by atoms with Crippen LogP contribution in [0.2, 0.25) is 0 Å². The van der Waals surface area contributed by atoms with Crippen LogP contribution in [0.3, 0.4) is 0 Å². The Balaban J connectivity index is 2.43. The van der Waals surface area contributed by atoms with Gasteiger partial charge in [0.25, 0.3) is 0 Å². The molecule has 1 aromatic rings. The van der Waals surface area contributed by atoms with E-state index in [1.165, 1.54) is 30.6 Å². The summed E-state index contributed by atoms with van der Waals surface area (Å²) in [5, 5.41) is 5.89. The summed E-state index contributed by atoms with van der Waals surface area (Å²) in [6.45, 7) is 6.80. The first-order chi connectivity index (χ1) is 7.27. The van der Waals surface area contributed by atoms with Gasteiger partial charge in [-0.1, -0.05) is 32.8 Å². The molecule has 0 saturated heterocycles. The maximum atomic E-state index is 3.73. The van der Waals surface area contributed by atoms with Gasteiger partial charge < -0.3 is 5.32 Å². The van der Waals surface area contributed by atoms with Gasteiger partial charge in [-0.3, -0.25) is 0 Å². The van der Waals surface area contributed by atoms with Crippen molar-refractivity contribution in [3.05, 3.63) is 22.4 Å². The Hall–Kier alpha value is -0.340. The van der Waals surface area contributed by atoms with E-state index in [4.69, 9.17) is 0 Å². The Kier molecular flexibility index (Phi) is 5.96. The lowest BCUT2D eigenvalue weighted by Crippen LogP contribution is -2.30. The van der Waals surface area contributed by atoms with Crippen molar-refractivity contribution in [2.45, 2.75) is 58.5 Å². The highest BCUT2D eigenvalue weighted by Crippen LogP contribution is 2.20. The van der Waals surface area contributed by atoms with Gasteiger partial charge in [-0.05, 0) is 31.2 Å². The second-order valence-electron chi connectivity index (χ2n) is 4.18. The molecule has 1 atom stereocenters. The Morgan fingerprint density at radius 1 is 1.27 bits per heavy atom. The normalized spacial score (nSPS) is 13.3.